The number of Topliss-reactive ketones (excluding diaryl/α,β-unsaturated/α-hetero) is 1. The molecule has 216 valence electrons. The van der Waals surface area contributed by atoms with Gasteiger partial charge in [0.05, 0.1) is 12.5 Å². The first kappa shape index (κ1) is 30.0. The third-order valence-electron chi connectivity index (χ3n) is 9.14. The molecule has 1 saturated heterocycles. The van der Waals surface area contributed by atoms with Crippen LogP contribution in [0, 0.1) is 17.3 Å². The molecule has 0 aromatic heterocycles. The number of amides is 1. The highest BCUT2D eigenvalue weighted by Gasteiger charge is 2.44. The fourth-order valence-corrected chi connectivity index (χ4v) is 6.79. The Hall–Kier alpha value is -2.99. The maximum atomic E-state index is 13.6. The molecule has 1 aliphatic carbocycles. The summed E-state index contributed by atoms with van der Waals surface area (Å²) >= 11 is 0. The number of carbonyl (C=O) groups is 3. The van der Waals surface area contributed by atoms with Crippen molar-refractivity contribution in [1.29, 1.82) is 0 Å². The molecule has 3 N–H and O–H groups in total. The zero-order chi connectivity index (χ0) is 28.8. The van der Waals surface area contributed by atoms with Crippen molar-refractivity contribution in [2.75, 3.05) is 6.54 Å². The highest BCUT2D eigenvalue weighted by atomic mass is 16.4. The van der Waals surface area contributed by atoms with Gasteiger partial charge in [-0.2, -0.15) is 0 Å². The van der Waals surface area contributed by atoms with Gasteiger partial charge in [-0.3, -0.25) is 14.4 Å². The van der Waals surface area contributed by atoms with Crippen molar-refractivity contribution >= 4 is 17.7 Å². The number of aryl methyl sites for hydroxylation is 1. The largest absolute Gasteiger partial charge is 0.481 e. The maximum Gasteiger partial charge on any atom is 0.305 e. The molecule has 0 radical (unpaired) electrons. The van der Waals surface area contributed by atoms with E-state index in [-0.39, 0.29) is 36.4 Å². The minimum absolute atomic E-state index is 0.0100. The number of ketones is 1. The number of carboxylic acids is 1. The Labute approximate surface area is 239 Å². The van der Waals surface area contributed by atoms with Gasteiger partial charge in [0, 0.05) is 24.1 Å². The first-order valence-corrected chi connectivity index (χ1v) is 15.0. The zero-order valence-corrected chi connectivity index (χ0v) is 24.4. The summed E-state index contributed by atoms with van der Waals surface area (Å²) in [6.07, 6.45) is 8.60. The SMILES string of the molecule is CC(C)(C)C1CCC2(CC1)CC(Cc1ccc(C(=O)NCCC(=O)O)cc1)CC(=O)C(CCc1ccccc1)N2. The van der Waals surface area contributed by atoms with Gasteiger partial charge in [0.15, 0.2) is 0 Å². The lowest BCUT2D eigenvalue weighted by Crippen LogP contribution is -2.54. The van der Waals surface area contributed by atoms with Crippen LogP contribution in [0.4, 0.5) is 0 Å². The zero-order valence-electron chi connectivity index (χ0n) is 24.4. The number of carbonyl (C=O) groups excluding carboxylic acids is 2. The van der Waals surface area contributed by atoms with Crippen LogP contribution in [0.2, 0.25) is 0 Å². The quantitative estimate of drug-likeness (QED) is 0.360. The molecule has 4 rings (SSSR count). The highest BCUT2D eigenvalue weighted by Crippen LogP contribution is 2.45. The molecule has 2 aliphatic rings. The van der Waals surface area contributed by atoms with Gasteiger partial charge in [-0.25, -0.2) is 0 Å². The molecule has 6 heteroatoms. The second-order valence-electron chi connectivity index (χ2n) is 13.2. The van der Waals surface area contributed by atoms with Gasteiger partial charge in [0.2, 0.25) is 0 Å². The second kappa shape index (κ2) is 13.1. The van der Waals surface area contributed by atoms with E-state index >= 15 is 0 Å². The summed E-state index contributed by atoms with van der Waals surface area (Å²) in [7, 11) is 0. The normalized spacial score (nSPS) is 25.4. The Morgan fingerprint density at radius 3 is 2.30 bits per heavy atom. The van der Waals surface area contributed by atoms with Crippen LogP contribution in [0.5, 0.6) is 0 Å². The minimum Gasteiger partial charge on any atom is -0.481 e. The van der Waals surface area contributed by atoms with Crippen LogP contribution in [-0.2, 0) is 22.4 Å². The van der Waals surface area contributed by atoms with E-state index < -0.39 is 5.97 Å². The molecule has 0 bridgehead atoms. The molecule has 1 heterocycles. The van der Waals surface area contributed by atoms with Crippen LogP contribution < -0.4 is 10.6 Å². The number of hydrogen-bond donors (Lipinski definition) is 3. The summed E-state index contributed by atoms with van der Waals surface area (Å²) < 4.78 is 0. The average Bonchev–Trinajstić information content (AvgIpc) is 3.03. The number of aliphatic carboxylic acids is 1. The standard InChI is InChI=1S/C34H46N2O4/c1-33(2,3)28-15-18-34(19-16-28)23-26(22-30(37)29(36-34)14-11-24-7-5-4-6-8-24)21-25-9-12-27(13-10-25)32(40)35-20-17-31(38)39/h4-10,12-13,26,28-29,36H,11,14-23H2,1-3H3,(H,35,40)(H,38,39). The summed E-state index contributed by atoms with van der Waals surface area (Å²) in [6.45, 7) is 7.15. The Morgan fingerprint density at radius 1 is 1.00 bits per heavy atom. The molecule has 1 aliphatic heterocycles. The molecular formula is C34H46N2O4. The van der Waals surface area contributed by atoms with E-state index in [0.29, 0.717) is 29.1 Å². The van der Waals surface area contributed by atoms with Gasteiger partial charge < -0.3 is 15.7 Å². The monoisotopic (exact) mass is 546 g/mol. The van der Waals surface area contributed by atoms with Crippen molar-refractivity contribution in [3.05, 3.63) is 71.3 Å². The molecule has 2 atom stereocenters. The van der Waals surface area contributed by atoms with Gasteiger partial charge in [0.25, 0.3) is 5.91 Å². The third-order valence-corrected chi connectivity index (χ3v) is 9.14. The van der Waals surface area contributed by atoms with Crippen molar-refractivity contribution < 1.29 is 19.5 Å². The molecule has 2 fully saturated rings. The van der Waals surface area contributed by atoms with E-state index in [4.69, 9.17) is 5.11 Å². The number of benzene rings is 2. The number of rotatable bonds is 9. The van der Waals surface area contributed by atoms with E-state index in [2.05, 4.69) is 55.7 Å². The molecular weight excluding hydrogens is 500 g/mol. The van der Waals surface area contributed by atoms with E-state index in [9.17, 15) is 14.4 Å². The first-order valence-electron chi connectivity index (χ1n) is 15.0. The lowest BCUT2D eigenvalue weighted by molar-refractivity contribution is -0.136. The predicted octanol–water partition coefficient (Wildman–Crippen LogP) is 5.98. The third kappa shape index (κ3) is 8.26. The van der Waals surface area contributed by atoms with Crippen molar-refractivity contribution in [3.8, 4) is 0 Å². The molecule has 2 aromatic rings. The molecule has 2 aromatic carbocycles. The van der Waals surface area contributed by atoms with Crippen LogP contribution in [0.3, 0.4) is 0 Å². The number of nitrogens with one attached hydrogen (secondary N) is 2. The van der Waals surface area contributed by atoms with E-state index in [1.54, 1.807) is 12.1 Å². The van der Waals surface area contributed by atoms with Gasteiger partial charge in [-0.1, -0.05) is 63.2 Å². The smallest absolute Gasteiger partial charge is 0.305 e. The summed E-state index contributed by atoms with van der Waals surface area (Å²) in [5.41, 5.74) is 3.21. The second-order valence-corrected chi connectivity index (χ2v) is 13.2. The molecule has 1 amide bonds. The minimum atomic E-state index is -0.935. The van der Waals surface area contributed by atoms with Crippen LogP contribution in [-0.4, -0.2) is 40.9 Å². The van der Waals surface area contributed by atoms with Crippen molar-refractivity contribution in [2.24, 2.45) is 17.3 Å². The summed E-state index contributed by atoms with van der Waals surface area (Å²) in [4.78, 5) is 36.7. The molecule has 1 spiro atoms. The summed E-state index contributed by atoms with van der Waals surface area (Å²) in [5.74, 6) is 0.0788. The van der Waals surface area contributed by atoms with Gasteiger partial charge >= 0.3 is 5.97 Å². The number of hydrogen-bond acceptors (Lipinski definition) is 4. The Kier molecular flexibility index (Phi) is 9.83. The van der Waals surface area contributed by atoms with Gasteiger partial charge in [-0.15, -0.1) is 0 Å². The number of carboxylic acid groups (broad SMARTS) is 1. The summed E-state index contributed by atoms with van der Waals surface area (Å²) in [6, 6.07) is 17.9. The van der Waals surface area contributed by atoms with E-state index in [0.717, 1.165) is 44.1 Å². The molecule has 2 unspecified atom stereocenters. The Bertz CT molecular complexity index is 1140. The van der Waals surface area contributed by atoms with Crippen molar-refractivity contribution in [2.45, 2.75) is 96.6 Å². The fourth-order valence-electron chi connectivity index (χ4n) is 6.79. The van der Waals surface area contributed by atoms with Crippen LogP contribution >= 0.6 is 0 Å². The molecule has 40 heavy (non-hydrogen) atoms. The van der Waals surface area contributed by atoms with Gasteiger partial charge in [-0.05, 0) is 91.9 Å². The Balaban J connectivity index is 1.45. The van der Waals surface area contributed by atoms with Gasteiger partial charge in [0.1, 0.15) is 5.78 Å². The lowest BCUT2D eigenvalue weighted by atomic mass is 9.65. The molecule has 6 nitrogen and oxygen atoms in total. The lowest BCUT2D eigenvalue weighted by Gasteiger charge is -2.46. The van der Waals surface area contributed by atoms with Crippen LogP contribution in [0.15, 0.2) is 54.6 Å². The van der Waals surface area contributed by atoms with Crippen LogP contribution in [0.1, 0.15) is 93.6 Å². The highest BCUT2D eigenvalue weighted by molar-refractivity contribution is 5.94. The van der Waals surface area contributed by atoms with E-state index in [1.165, 1.54) is 18.4 Å². The molecule has 1 saturated carbocycles. The van der Waals surface area contributed by atoms with E-state index in [1.807, 2.05) is 18.2 Å². The maximum absolute atomic E-state index is 13.6. The fraction of sp³-hybridized carbons (Fsp3) is 0.559. The predicted molar refractivity (Wildman–Crippen MR) is 158 cm³/mol. The topological polar surface area (TPSA) is 95.5 Å². The van der Waals surface area contributed by atoms with Crippen molar-refractivity contribution in [3.63, 3.8) is 0 Å². The van der Waals surface area contributed by atoms with Crippen molar-refractivity contribution in [1.82, 2.24) is 10.6 Å². The Morgan fingerprint density at radius 2 is 1.68 bits per heavy atom. The summed E-state index contributed by atoms with van der Waals surface area (Å²) in [5, 5.41) is 15.4. The first-order chi connectivity index (χ1) is 19.0. The van der Waals surface area contributed by atoms with Crippen LogP contribution in [0.25, 0.3) is 0 Å². The average molecular weight is 547 g/mol.